The molecule has 0 aliphatic rings. The summed E-state index contributed by atoms with van der Waals surface area (Å²) in [4.78, 5) is 4.50. The van der Waals surface area contributed by atoms with Crippen LogP contribution in [-0.2, 0) is 5.88 Å². The Kier molecular flexibility index (Phi) is 3.52. The van der Waals surface area contributed by atoms with Crippen LogP contribution in [0.5, 0.6) is 0 Å². The van der Waals surface area contributed by atoms with Gasteiger partial charge in [-0.15, -0.1) is 11.6 Å². The Morgan fingerprint density at radius 3 is 2.75 bits per heavy atom. The van der Waals surface area contributed by atoms with Crippen molar-refractivity contribution in [3.63, 3.8) is 0 Å². The number of rotatable bonds is 2. The minimum atomic E-state index is -0.308. The van der Waals surface area contributed by atoms with Gasteiger partial charge in [-0.25, -0.2) is 9.37 Å². The zero-order valence-corrected chi connectivity index (χ0v) is 13.0. The summed E-state index contributed by atoms with van der Waals surface area (Å²) in [6.07, 6.45) is 0. The lowest BCUT2D eigenvalue weighted by atomic mass is 10.2. The van der Waals surface area contributed by atoms with Crippen molar-refractivity contribution in [2.24, 2.45) is 0 Å². The molecule has 2 nitrogen and oxygen atoms in total. The van der Waals surface area contributed by atoms with E-state index in [1.807, 2.05) is 35.8 Å². The smallest absolute Gasteiger partial charge is 0.139 e. The van der Waals surface area contributed by atoms with Crippen molar-refractivity contribution in [1.82, 2.24) is 9.55 Å². The molecular weight excluding hydrogens is 343 g/mol. The van der Waals surface area contributed by atoms with Crippen LogP contribution in [0.15, 0.2) is 40.9 Å². The van der Waals surface area contributed by atoms with Crippen LogP contribution >= 0.6 is 27.5 Å². The monoisotopic (exact) mass is 352 g/mol. The molecule has 1 heterocycles. The summed E-state index contributed by atoms with van der Waals surface area (Å²) >= 11 is 9.14. The number of imidazole rings is 1. The van der Waals surface area contributed by atoms with E-state index in [-0.39, 0.29) is 11.7 Å². The predicted octanol–water partition coefficient (Wildman–Crippen LogP) is 4.97. The fourth-order valence-corrected chi connectivity index (χ4v) is 2.66. The second-order valence-electron chi connectivity index (χ2n) is 4.59. The number of aromatic nitrogens is 2. The van der Waals surface area contributed by atoms with Crippen LogP contribution in [0, 0.1) is 12.7 Å². The Bertz CT molecular complexity index is 798. The fourth-order valence-electron chi connectivity index (χ4n) is 2.24. The summed E-state index contributed by atoms with van der Waals surface area (Å²) in [6.45, 7) is 2.01. The van der Waals surface area contributed by atoms with E-state index in [0.717, 1.165) is 22.3 Å². The van der Waals surface area contributed by atoms with Crippen molar-refractivity contribution in [3.05, 3.63) is 58.1 Å². The summed E-state index contributed by atoms with van der Waals surface area (Å²) in [7, 11) is 0. The maximum atomic E-state index is 13.8. The van der Waals surface area contributed by atoms with E-state index in [2.05, 4.69) is 20.9 Å². The van der Waals surface area contributed by atoms with Crippen LogP contribution in [-0.4, -0.2) is 9.55 Å². The van der Waals surface area contributed by atoms with Gasteiger partial charge < -0.3 is 0 Å². The Morgan fingerprint density at radius 1 is 1.25 bits per heavy atom. The second-order valence-corrected chi connectivity index (χ2v) is 5.71. The van der Waals surface area contributed by atoms with Gasteiger partial charge in [-0.2, -0.15) is 0 Å². The van der Waals surface area contributed by atoms with E-state index in [0.29, 0.717) is 10.3 Å². The molecule has 1 aromatic heterocycles. The quantitative estimate of drug-likeness (QED) is 0.594. The van der Waals surface area contributed by atoms with E-state index in [4.69, 9.17) is 11.6 Å². The zero-order valence-electron chi connectivity index (χ0n) is 10.7. The number of hydrogen-bond donors (Lipinski definition) is 0. The average molecular weight is 354 g/mol. The van der Waals surface area contributed by atoms with Gasteiger partial charge in [-0.1, -0.05) is 6.07 Å². The summed E-state index contributed by atoms with van der Waals surface area (Å²) in [6, 6.07) is 11.0. The number of fused-ring (bicyclic) bond motifs is 1. The van der Waals surface area contributed by atoms with Gasteiger partial charge in [-0.05, 0) is 58.7 Å². The van der Waals surface area contributed by atoms with Gasteiger partial charge in [0.25, 0.3) is 0 Å². The first kappa shape index (κ1) is 13.6. The van der Waals surface area contributed by atoms with Crippen molar-refractivity contribution in [3.8, 4) is 5.69 Å². The standard InChI is InChI=1S/C15H11BrClFN2/c1-9-2-5-13-14(6-9)20(15(8-17)19-13)10-3-4-11(16)12(18)7-10/h2-7H,8H2,1H3. The molecule has 3 aromatic rings. The first-order valence-corrected chi connectivity index (χ1v) is 7.42. The number of nitrogens with zero attached hydrogens (tertiary/aromatic N) is 2. The van der Waals surface area contributed by atoms with Gasteiger partial charge in [0.2, 0.25) is 0 Å². The molecule has 0 saturated carbocycles. The van der Waals surface area contributed by atoms with E-state index in [1.54, 1.807) is 6.07 Å². The Labute approximate surface area is 129 Å². The highest BCUT2D eigenvalue weighted by atomic mass is 79.9. The Balaban J connectivity index is 2.32. The highest BCUT2D eigenvalue weighted by Crippen LogP contribution is 2.26. The molecule has 3 rings (SSSR count). The largest absolute Gasteiger partial charge is 0.295 e. The second kappa shape index (κ2) is 5.19. The summed E-state index contributed by atoms with van der Waals surface area (Å²) in [5.74, 6) is 0.664. The molecule has 20 heavy (non-hydrogen) atoms. The normalized spacial score (nSPS) is 11.2. The van der Waals surface area contributed by atoms with E-state index in [1.165, 1.54) is 6.07 Å². The maximum absolute atomic E-state index is 13.8. The first-order valence-electron chi connectivity index (χ1n) is 6.09. The lowest BCUT2D eigenvalue weighted by Crippen LogP contribution is -2.00. The molecule has 5 heteroatoms. The van der Waals surface area contributed by atoms with E-state index >= 15 is 0 Å². The molecule has 0 spiro atoms. The van der Waals surface area contributed by atoms with Crippen LogP contribution in [0.25, 0.3) is 16.7 Å². The highest BCUT2D eigenvalue weighted by molar-refractivity contribution is 9.10. The molecule has 0 bridgehead atoms. The Hall–Kier alpha value is -1.39. The lowest BCUT2D eigenvalue weighted by molar-refractivity contribution is 0.620. The number of alkyl halides is 1. The van der Waals surface area contributed by atoms with Crippen molar-refractivity contribution >= 4 is 38.6 Å². The van der Waals surface area contributed by atoms with Gasteiger partial charge in [0.1, 0.15) is 11.6 Å². The molecule has 0 amide bonds. The molecule has 2 aromatic carbocycles. The molecular formula is C15H11BrClFN2. The number of halogens is 3. The van der Waals surface area contributed by atoms with Crippen molar-refractivity contribution in [2.75, 3.05) is 0 Å². The fraction of sp³-hybridized carbons (Fsp3) is 0.133. The minimum absolute atomic E-state index is 0.269. The van der Waals surface area contributed by atoms with Gasteiger partial charge >= 0.3 is 0 Å². The van der Waals surface area contributed by atoms with Crippen LogP contribution < -0.4 is 0 Å². The van der Waals surface area contributed by atoms with Crippen LogP contribution in [0.3, 0.4) is 0 Å². The Morgan fingerprint density at radius 2 is 2.05 bits per heavy atom. The third-order valence-electron chi connectivity index (χ3n) is 3.16. The third-order valence-corrected chi connectivity index (χ3v) is 4.04. The number of benzene rings is 2. The van der Waals surface area contributed by atoms with Crippen molar-refractivity contribution in [2.45, 2.75) is 12.8 Å². The lowest BCUT2D eigenvalue weighted by Gasteiger charge is -2.09. The molecule has 0 radical (unpaired) electrons. The van der Waals surface area contributed by atoms with Gasteiger partial charge in [0.05, 0.1) is 27.1 Å². The summed E-state index contributed by atoms with van der Waals surface area (Å²) in [5.41, 5.74) is 3.63. The van der Waals surface area contributed by atoms with Crippen molar-refractivity contribution < 1.29 is 4.39 Å². The van der Waals surface area contributed by atoms with Crippen LogP contribution in [0.4, 0.5) is 4.39 Å². The molecule has 0 aliphatic carbocycles. The molecule has 0 N–H and O–H groups in total. The molecule has 102 valence electrons. The topological polar surface area (TPSA) is 17.8 Å². The molecule has 0 unspecified atom stereocenters. The molecule has 0 atom stereocenters. The van der Waals surface area contributed by atoms with Crippen molar-refractivity contribution in [1.29, 1.82) is 0 Å². The number of hydrogen-bond acceptors (Lipinski definition) is 1. The summed E-state index contributed by atoms with van der Waals surface area (Å²) in [5, 5.41) is 0. The third kappa shape index (κ3) is 2.23. The average Bonchev–Trinajstić information content (AvgIpc) is 2.79. The van der Waals surface area contributed by atoms with Gasteiger partial charge in [-0.3, -0.25) is 4.57 Å². The molecule has 0 fully saturated rings. The van der Waals surface area contributed by atoms with Crippen LogP contribution in [0.1, 0.15) is 11.4 Å². The SMILES string of the molecule is Cc1ccc2nc(CCl)n(-c3ccc(Br)c(F)c3)c2c1. The molecule has 0 saturated heterocycles. The predicted molar refractivity (Wildman–Crippen MR) is 83.0 cm³/mol. The van der Waals surface area contributed by atoms with Crippen LogP contribution in [0.2, 0.25) is 0 Å². The summed E-state index contributed by atoms with van der Waals surface area (Å²) < 4.78 is 16.1. The number of aryl methyl sites for hydroxylation is 1. The molecule has 0 aliphatic heterocycles. The van der Waals surface area contributed by atoms with Gasteiger partial charge in [0.15, 0.2) is 0 Å². The minimum Gasteiger partial charge on any atom is -0.295 e. The van der Waals surface area contributed by atoms with E-state index in [9.17, 15) is 4.39 Å². The highest BCUT2D eigenvalue weighted by Gasteiger charge is 2.13. The first-order chi connectivity index (χ1) is 9.60. The van der Waals surface area contributed by atoms with E-state index < -0.39 is 0 Å². The van der Waals surface area contributed by atoms with Gasteiger partial charge in [0, 0.05) is 0 Å². The maximum Gasteiger partial charge on any atom is 0.139 e. The zero-order chi connectivity index (χ0) is 14.3.